The number of carbonyl (C=O) groups is 2. The maximum absolute atomic E-state index is 12.8. The fourth-order valence-electron chi connectivity index (χ4n) is 3.11. The van der Waals surface area contributed by atoms with Crippen LogP contribution < -0.4 is 0 Å². The number of carbonyl (C=O) groups excluding carboxylic acids is 2. The number of fused-ring (bicyclic) bond motifs is 1. The normalized spacial score (nSPS) is 14.0. The fourth-order valence-corrected chi connectivity index (χ4v) is 3.11. The van der Waals surface area contributed by atoms with Crippen molar-refractivity contribution in [3.63, 3.8) is 0 Å². The van der Waals surface area contributed by atoms with Crippen molar-refractivity contribution in [2.45, 2.75) is 45.7 Å². The average molecular weight is 369 g/mol. The van der Waals surface area contributed by atoms with Gasteiger partial charge in [0, 0.05) is 27.2 Å². The van der Waals surface area contributed by atoms with E-state index in [2.05, 4.69) is 49.3 Å². The average Bonchev–Trinajstić information content (AvgIpc) is 3.07. The summed E-state index contributed by atoms with van der Waals surface area (Å²) in [4.78, 5) is 27.9. The van der Waals surface area contributed by atoms with Gasteiger partial charge >= 0.3 is 0 Å². The minimum atomic E-state index is -0.148. The summed E-state index contributed by atoms with van der Waals surface area (Å²) in [5.74, 6) is -0.245. The summed E-state index contributed by atoms with van der Waals surface area (Å²) in [5, 5.41) is 7.88. The first-order valence-electron chi connectivity index (χ1n) is 9.17. The van der Waals surface area contributed by atoms with Crippen LogP contribution in [0.4, 0.5) is 0 Å². The molecule has 0 N–H and O–H groups in total. The highest BCUT2D eigenvalue weighted by Crippen LogP contribution is 2.28. The smallest absolute Gasteiger partial charge is 0.276 e. The van der Waals surface area contributed by atoms with Crippen molar-refractivity contribution in [1.29, 1.82) is 0 Å². The third-order valence-electron chi connectivity index (χ3n) is 4.93. The van der Waals surface area contributed by atoms with E-state index >= 15 is 0 Å². The van der Waals surface area contributed by atoms with Crippen LogP contribution in [0.25, 0.3) is 0 Å². The van der Waals surface area contributed by atoms with Crippen LogP contribution in [0.1, 0.15) is 48.0 Å². The van der Waals surface area contributed by atoms with E-state index < -0.39 is 0 Å². The molecule has 2 heterocycles. The van der Waals surface area contributed by atoms with Gasteiger partial charge in [-0.2, -0.15) is 0 Å². The van der Waals surface area contributed by atoms with Crippen LogP contribution in [0.5, 0.6) is 0 Å². The molecule has 1 aromatic heterocycles. The van der Waals surface area contributed by atoms with E-state index in [1.807, 2.05) is 0 Å². The van der Waals surface area contributed by atoms with E-state index in [4.69, 9.17) is 0 Å². The quantitative estimate of drug-likeness (QED) is 0.828. The Labute approximate surface area is 160 Å². The first-order valence-corrected chi connectivity index (χ1v) is 9.17. The third-order valence-corrected chi connectivity index (χ3v) is 4.93. The molecule has 0 spiro atoms. The van der Waals surface area contributed by atoms with Gasteiger partial charge in [-0.1, -0.05) is 44.2 Å². The van der Waals surface area contributed by atoms with Crippen molar-refractivity contribution < 1.29 is 9.59 Å². The minimum absolute atomic E-state index is 0.0724. The fraction of sp³-hybridized carbons (Fsp3) is 0.500. The molecule has 0 atom stereocenters. The predicted molar refractivity (Wildman–Crippen MR) is 102 cm³/mol. The van der Waals surface area contributed by atoms with E-state index in [0.717, 1.165) is 6.42 Å². The lowest BCUT2D eigenvalue weighted by Crippen LogP contribution is -2.36. The molecule has 0 aliphatic carbocycles. The zero-order valence-electron chi connectivity index (χ0n) is 16.7. The van der Waals surface area contributed by atoms with Crippen LogP contribution in [0.15, 0.2) is 24.4 Å². The maximum Gasteiger partial charge on any atom is 0.276 e. The van der Waals surface area contributed by atoms with Gasteiger partial charge in [-0.3, -0.25) is 9.59 Å². The van der Waals surface area contributed by atoms with Crippen molar-refractivity contribution in [3.05, 3.63) is 46.8 Å². The molecule has 0 saturated heterocycles. The molecule has 0 radical (unpaired) electrons. The molecule has 2 amide bonds. The van der Waals surface area contributed by atoms with Crippen molar-refractivity contribution in [3.8, 4) is 0 Å². The molecule has 144 valence electrons. The summed E-state index contributed by atoms with van der Waals surface area (Å²) < 4.78 is 1.41. The number of benzene rings is 1. The Morgan fingerprint density at radius 2 is 1.93 bits per heavy atom. The lowest BCUT2D eigenvalue weighted by molar-refractivity contribution is -0.129. The van der Waals surface area contributed by atoms with Crippen molar-refractivity contribution in [1.82, 2.24) is 24.8 Å². The molecule has 1 aliphatic rings. The van der Waals surface area contributed by atoms with Crippen LogP contribution in [0, 0.1) is 0 Å². The van der Waals surface area contributed by atoms with Gasteiger partial charge in [0.05, 0.1) is 6.20 Å². The molecule has 1 aliphatic heterocycles. The molecule has 7 heteroatoms. The zero-order valence-corrected chi connectivity index (χ0v) is 16.7. The standard InChI is InChI=1S/C20H27N5O2/c1-20(2,3)16-7-6-14-8-9-24(11-15(14)10-16)19(27)17-12-25(22-21-17)13-18(26)23(4)5/h6-7,10,12H,8-9,11,13H2,1-5H3. The van der Waals surface area contributed by atoms with Gasteiger partial charge in [-0.15, -0.1) is 5.10 Å². The van der Waals surface area contributed by atoms with Crippen LogP contribution in [-0.2, 0) is 29.7 Å². The van der Waals surface area contributed by atoms with Crippen LogP contribution in [0.2, 0.25) is 0 Å². The summed E-state index contributed by atoms with van der Waals surface area (Å²) in [5.41, 5.74) is 4.10. The van der Waals surface area contributed by atoms with Gasteiger partial charge < -0.3 is 9.80 Å². The molecule has 27 heavy (non-hydrogen) atoms. The van der Waals surface area contributed by atoms with Crippen LogP contribution in [0.3, 0.4) is 0 Å². The van der Waals surface area contributed by atoms with Crippen molar-refractivity contribution in [2.24, 2.45) is 0 Å². The lowest BCUT2D eigenvalue weighted by Gasteiger charge is -2.30. The van der Waals surface area contributed by atoms with Gasteiger partial charge in [0.1, 0.15) is 6.54 Å². The van der Waals surface area contributed by atoms with Gasteiger partial charge in [0.25, 0.3) is 5.91 Å². The van der Waals surface area contributed by atoms with Gasteiger partial charge in [0.15, 0.2) is 5.69 Å². The molecule has 0 fully saturated rings. The first kappa shape index (κ1) is 19.1. The Hall–Kier alpha value is -2.70. The largest absolute Gasteiger partial charge is 0.347 e. The highest BCUT2D eigenvalue weighted by atomic mass is 16.2. The second kappa shape index (κ2) is 7.13. The van der Waals surface area contributed by atoms with E-state index in [0.29, 0.717) is 13.1 Å². The summed E-state index contributed by atoms with van der Waals surface area (Å²) in [6, 6.07) is 6.58. The molecular formula is C20H27N5O2. The van der Waals surface area contributed by atoms with Gasteiger partial charge in [0.2, 0.25) is 5.91 Å². The number of aromatic nitrogens is 3. The van der Waals surface area contributed by atoms with Gasteiger partial charge in [-0.05, 0) is 28.5 Å². The summed E-state index contributed by atoms with van der Waals surface area (Å²) in [7, 11) is 3.37. The maximum atomic E-state index is 12.8. The number of hydrogen-bond acceptors (Lipinski definition) is 4. The Morgan fingerprint density at radius 3 is 2.59 bits per heavy atom. The number of rotatable bonds is 3. The third kappa shape index (κ3) is 4.18. The number of nitrogens with zero attached hydrogens (tertiary/aromatic N) is 5. The van der Waals surface area contributed by atoms with E-state index in [9.17, 15) is 9.59 Å². The molecule has 0 bridgehead atoms. The SMILES string of the molecule is CN(C)C(=O)Cn1cc(C(=O)N2CCc3ccc(C(C)(C)C)cc3C2)nn1. The molecule has 0 saturated carbocycles. The molecular weight excluding hydrogens is 342 g/mol. The van der Waals surface area contributed by atoms with Crippen LogP contribution in [-0.4, -0.2) is 57.2 Å². The number of hydrogen-bond donors (Lipinski definition) is 0. The van der Waals surface area contributed by atoms with Crippen molar-refractivity contribution in [2.75, 3.05) is 20.6 Å². The second-order valence-corrected chi connectivity index (χ2v) is 8.30. The molecule has 3 rings (SSSR count). The highest BCUT2D eigenvalue weighted by Gasteiger charge is 2.25. The second-order valence-electron chi connectivity index (χ2n) is 8.30. The molecule has 2 aromatic rings. The summed E-state index contributed by atoms with van der Waals surface area (Å²) in [6.07, 6.45) is 2.38. The Bertz CT molecular complexity index is 863. The first-order chi connectivity index (χ1) is 12.6. The van der Waals surface area contributed by atoms with E-state index in [-0.39, 0.29) is 29.5 Å². The Kier molecular flexibility index (Phi) is 5.04. The number of amides is 2. The summed E-state index contributed by atoms with van der Waals surface area (Å²) in [6.45, 7) is 7.87. The monoisotopic (exact) mass is 369 g/mol. The molecule has 7 nitrogen and oxygen atoms in total. The van der Waals surface area contributed by atoms with Crippen LogP contribution >= 0.6 is 0 Å². The van der Waals surface area contributed by atoms with Gasteiger partial charge in [-0.25, -0.2) is 4.68 Å². The van der Waals surface area contributed by atoms with E-state index in [1.54, 1.807) is 25.2 Å². The summed E-state index contributed by atoms with van der Waals surface area (Å²) >= 11 is 0. The van der Waals surface area contributed by atoms with E-state index in [1.165, 1.54) is 26.3 Å². The molecule has 0 unspecified atom stereocenters. The van der Waals surface area contributed by atoms with Crippen molar-refractivity contribution >= 4 is 11.8 Å². The Balaban J connectivity index is 1.74. The topological polar surface area (TPSA) is 71.3 Å². The zero-order chi connectivity index (χ0) is 19.8. The number of likely N-dealkylation sites (N-methyl/N-ethyl adjacent to an activating group) is 1. The predicted octanol–water partition coefficient (Wildman–Crippen LogP) is 1.86. The molecule has 1 aromatic carbocycles. The lowest BCUT2D eigenvalue weighted by atomic mass is 9.84. The highest BCUT2D eigenvalue weighted by molar-refractivity contribution is 5.92. The Morgan fingerprint density at radius 1 is 1.19 bits per heavy atom. The minimum Gasteiger partial charge on any atom is -0.347 e.